The Bertz CT molecular complexity index is 402. The van der Waals surface area contributed by atoms with Gasteiger partial charge >= 0.3 is 5.97 Å². The van der Waals surface area contributed by atoms with Crippen LogP contribution in [0.5, 0.6) is 0 Å². The molecule has 1 rings (SSSR count). The van der Waals surface area contributed by atoms with Crippen LogP contribution in [-0.2, 0) is 16.8 Å². The fourth-order valence-corrected chi connectivity index (χ4v) is 1.73. The van der Waals surface area contributed by atoms with Crippen LogP contribution in [0.1, 0.15) is 49.2 Å². The summed E-state index contributed by atoms with van der Waals surface area (Å²) in [7, 11) is 0. The zero-order chi connectivity index (χ0) is 13.1. The highest BCUT2D eigenvalue weighted by atomic mass is 16.5. The first-order chi connectivity index (χ1) is 7.86. The summed E-state index contributed by atoms with van der Waals surface area (Å²) in [5.41, 5.74) is 1.95. The molecule has 1 aromatic carbocycles. The summed E-state index contributed by atoms with van der Waals surface area (Å²) in [5.74, 6) is -0.881. The molecule has 0 saturated heterocycles. The summed E-state index contributed by atoms with van der Waals surface area (Å²) in [6.07, 6.45) is 0. The zero-order valence-electron chi connectivity index (χ0n) is 10.9. The van der Waals surface area contributed by atoms with Crippen molar-refractivity contribution in [2.75, 3.05) is 6.61 Å². The molecule has 0 aliphatic carbocycles. The third-order valence-electron chi connectivity index (χ3n) is 2.60. The number of carbonyl (C=O) groups is 1. The smallest absolute Gasteiger partial charge is 0.335 e. The molecule has 0 amide bonds. The average molecular weight is 236 g/mol. The van der Waals surface area contributed by atoms with Gasteiger partial charge in [0.15, 0.2) is 0 Å². The number of hydrogen-bond donors (Lipinski definition) is 1. The first kappa shape index (κ1) is 13.7. The molecule has 0 saturated carbocycles. The summed E-state index contributed by atoms with van der Waals surface area (Å²) in [4.78, 5) is 11.3. The van der Waals surface area contributed by atoms with Gasteiger partial charge in [-0.1, -0.05) is 32.9 Å². The highest BCUT2D eigenvalue weighted by molar-refractivity contribution is 5.90. The number of aromatic carboxylic acids is 1. The molecule has 17 heavy (non-hydrogen) atoms. The molecule has 0 bridgehead atoms. The van der Waals surface area contributed by atoms with E-state index in [-0.39, 0.29) is 5.41 Å². The molecule has 0 radical (unpaired) electrons. The molecule has 0 aliphatic heterocycles. The van der Waals surface area contributed by atoms with Crippen LogP contribution in [0, 0.1) is 0 Å². The maximum Gasteiger partial charge on any atom is 0.335 e. The second-order valence-electron chi connectivity index (χ2n) is 5.07. The van der Waals surface area contributed by atoms with Gasteiger partial charge in [0.1, 0.15) is 0 Å². The van der Waals surface area contributed by atoms with Gasteiger partial charge in [-0.3, -0.25) is 0 Å². The van der Waals surface area contributed by atoms with Crippen LogP contribution in [0.15, 0.2) is 18.2 Å². The van der Waals surface area contributed by atoms with Crippen molar-refractivity contribution in [3.63, 3.8) is 0 Å². The highest BCUT2D eigenvalue weighted by Gasteiger charge is 2.21. The molecule has 0 fully saturated rings. The highest BCUT2D eigenvalue weighted by Crippen LogP contribution is 2.27. The van der Waals surface area contributed by atoms with Gasteiger partial charge in [-0.05, 0) is 29.5 Å². The van der Waals surface area contributed by atoms with Gasteiger partial charge in [-0.25, -0.2) is 4.79 Å². The number of carboxylic acid groups (broad SMARTS) is 1. The van der Waals surface area contributed by atoms with Gasteiger partial charge < -0.3 is 9.84 Å². The molecule has 0 atom stereocenters. The number of ether oxygens (including phenoxy) is 1. The molecule has 94 valence electrons. The van der Waals surface area contributed by atoms with Gasteiger partial charge in [0.05, 0.1) is 12.2 Å². The molecule has 0 aromatic heterocycles. The quantitative estimate of drug-likeness (QED) is 0.873. The minimum Gasteiger partial charge on any atom is -0.478 e. The van der Waals surface area contributed by atoms with Gasteiger partial charge in [0, 0.05) is 6.61 Å². The summed E-state index contributed by atoms with van der Waals surface area (Å²) in [6, 6.07) is 5.53. The number of hydrogen-bond acceptors (Lipinski definition) is 2. The van der Waals surface area contributed by atoms with Crippen LogP contribution in [-0.4, -0.2) is 17.7 Å². The van der Waals surface area contributed by atoms with Crippen molar-refractivity contribution in [3.05, 3.63) is 34.9 Å². The largest absolute Gasteiger partial charge is 0.478 e. The van der Waals surface area contributed by atoms with Crippen molar-refractivity contribution in [2.45, 2.75) is 39.7 Å². The second kappa shape index (κ2) is 5.32. The fraction of sp³-hybridized carbons (Fsp3) is 0.500. The van der Waals surface area contributed by atoms with Gasteiger partial charge in [-0.15, -0.1) is 0 Å². The Morgan fingerprint density at radius 2 is 2.00 bits per heavy atom. The van der Waals surface area contributed by atoms with Gasteiger partial charge in [0.25, 0.3) is 0 Å². The third kappa shape index (κ3) is 3.56. The Balaban J connectivity index is 3.13. The minimum atomic E-state index is -0.881. The lowest BCUT2D eigenvalue weighted by atomic mass is 9.83. The predicted molar refractivity (Wildman–Crippen MR) is 67.4 cm³/mol. The molecule has 3 heteroatoms. The van der Waals surface area contributed by atoms with Gasteiger partial charge in [0.2, 0.25) is 0 Å². The van der Waals surface area contributed by atoms with E-state index in [0.29, 0.717) is 18.8 Å². The summed E-state index contributed by atoms with van der Waals surface area (Å²) < 4.78 is 5.29. The summed E-state index contributed by atoms with van der Waals surface area (Å²) in [6.45, 7) is 9.04. The van der Waals surface area contributed by atoms with E-state index in [1.54, 1.807) is 6.07 Å². The first-order valence-corrected chi connectivity index (χ1v) is 5.80. The molecule has 0 heterocycles. The Kier molecular flexibility index (Phi) is 4.29. The molecule has 0 spiro atoms. The van der Waals surface area contributed by atoms with E-state index in [4.69, 9.17) is 4.74 Å². The van der Waals surface area contributed by atoms with Gasteiger partial charge in [-0.2, -0.15) is 0 Å². The first-order valence-electron chi connectivity index (χ1n) is 5.80. The van der Waals surface area contributed by atoms with Crippen molar-refractivity contribution < 1.29 is 14.6 Å². The van der Waals surface area contributed by atoms with Crippen LogP contribution < -0.4 is 0 Å². The third-order valence-corrected chi connectivity index (χ3v) is 2.60. The van der Waals surface area contributed by atoms with Crippen molar-refractivity contribution in [2.24, 2.45) is 0 Å². The SMILES string of the molecule is CCOCc1ccc(C(C)(C)C)c(C(=O)O)c1. The zero-order valence-corrected chi connectivity index (χ0v) is 10.9. The number of carboxylic acids is 1. The normalized spacial score (nSPS) is 11.5. The maximum atomic E-state index is 11.3. The Labute approximate surface area is 102 Å². The molecule has 0 unspecified atom stereocenters. The standard InChI is InChI=1S/C14H20O3/c1-5-17-9-10-6-7-12(14(2,3)4)11(8-10)13(15)16/h6-8H,5,9H2,1-4H3,(H,15,16). The monoisotopic (exact) mass is 236 g/mol. The Morgan fingerprint density at radius 1 is 1.35 bits per heavy atom. The second-order valence-corrected chi connectivity index (χ2v) is 5.07. The Morgan fingerprint density at radius 3 is 2.47 bits per heavy atom. The molecule has 0 aliphatic rings. The van der Waals surface area contributed by atoms with Crippen molar-refractivity contribution in [3.8, 4) is 0 Å². The van der Waals surface area contributed by atoms with Crippen molar-refractivity contribution >= 4 is 5.97 Å². The molecule has 3 nitrogen and oxygen atoms in total. The molecule has 1 N–H and O–H groups in total. The number of benzene rings is 1. The lowest BCUT2D eigenvalue weighted by Gasteiger charge is -2.22. The van der Waals surface area contributed by atoms with E-state index < -0.39 is 5.97 Å². The lowest BCUT2D eigenvalue weighted by molar-refractivity contribution is 0.0693. The molecular weight excluding hydrogens is 216 g/mol. The van der Waals surface area contributed by atoms with E-state index in [1.807, 2.05) is 39.8 Å². The van der Waals surface area contributed by atoms with Crippen LogP contribution in [0.25, 0.3) is 0 Å². The van der Waals surface area contributed by atoms with Crippen LogP contribution in [0.4, 0.5) is 0 Å². The van der Waals surface area contributed by atoms with Crippen molar-refractivity contribution in [1.82, 2.24) is 0 Å². The summed E-state index contributed by atoms with van der Waals surface area (Å²) >= 11 is 0. The maximum absolute atomic E-state index is 11.3. The fourth-order valence-electron chi connectivity index (χ4n) is 1.73. The topological polar surface area (TPSA) is 46.5 Å². The Hall–Kier alpha value is -1.35. The van der Waals surface area contributed by atoms with E-state index in [1.165, 1.54) is 0 Å². The molecular formula is C14H20O3. The van der Waals surface area contributed by atoms with E-state index >= 15 is 0 Å². The van der Waals surface area contributed by atoms with E-state index in [0.717, 1.165) is 11.1 Å². The van der Waals surface area contributed by atoms with E-state index in [2.05, 4.69) is 0 Å². The van der Waals surface area contributed by atoms with Crippen LogP contribution >= 0.6 is 0 Å². The molecule has 1 aromatic rings. The minimum absolute atomic E-state index is 0.169. The van der Waals surface area contributed by atoms with E-state index in [9.17, 15) is 9.90 Å². The predicted octanol–water partition coefficient (Wildman–Crippen LogP) is 3.22. The van der Waals surface area contributed by atoms with Crippen molar-refractivity contribution in [1.29, 1.82) is 0 Å². The number of rotatable bonds is 4. The average Bonchev–Trinajstić information content (AvgIpc) is 2.24. The summed E-state index contributed by atoms with van der Waals surface area (Å²) in [5, 5.41) is 9.24. The van der Waals surface area contributed by atoms with Crippen LogP contribution in [0.3, 0.4) is 0 Å². The van der Waals surface area contributed by atoms with Crippen LogP contribution in [0.2, 0.25) is 0 Å². The lowest BCUT2D eigenvalue weighted by Crippen LogP contribution is -2.17.